The highest BCUT2D eigenvalue weighted by Gasteiger charge is 2.13. The van der Waals surface area contributed by atoms with Gasteiger partial charge in [-0.25, -0.2) is 9.97 Å². The predicted molar refractivity (Wildman–Crippen MR) is 97.1 cm³/mol. The minimum Gasteiger partial charge on any atom is -0.454 e. The molecule has 6 nitrogen and oxygen atoms in total. The Labute approximate surface area is 145 Å². The van der Waals surface area contributed by atoms with Crippen LogP contribution in [0.2, 0.25) is 0 Å². The largest absolute Gasteiger partial charge is 0.454 e. The number of nitrogens with zero attached hydrogens (tertiary/aromatic N) is 2. The summed E-state index contributed by atoms with van der Waals surface area (Å²) in [6.45, 7) is 4.19. The van der Waals surface area contributed by atoms with E-state index in [9.17, 15) is 0 Å². The minimum absolute atomic E-state index is 0.260. The van der Waals surface area contributed by atoms with Gasteiger partial charge in [0.05, 0.1) is 0 Å². The second-order valence-corrected chi connectivity index (χ2v) is 5.82. The van der Waals surface area contributed by atoms with Crippen LogP contribution < -0.4 is 20.1 Å². The van der Waals surface area contributed by atoms with Gasteiger partial charge < -0.3 is 20.1 Å². The van der Waals surface area contributed by atoms with Crippen LogP contribution >= 0.6 is 0 Å². The molecule has 0 spiro atoms. The SMILES string of the molecule is Cc1nc(Nc2ccc3c(c2)OCO3)cc(Nc2ccccc2C)n1. The molecule has 2 heterocycles. The fraction of sp³-hybridized carbons (Fsp3) is 0.158. The van der Waals surface area contributed by atoms with Gasteiger partial charge in [-0.05, 0) is 37.6 Å². The third-order valence-electron chi connectivity index (χ3n) is 3.89. The van der Waals surface area contributed by atoms with Crippen LogP contribution in [0.5, 0.6) is 11.5 Å². The molecule has 0 saturated heterocycles. The number of benzene rings is 2. The summed E-state index contributed by atoms with van der Waals surface area (Å²) in [5.74, 6) is 3.62. The maximum atomic E-state index is 5.41. The quantitative estimate of drug-likeness (QED) is 0.741. The second kappa shape index (κ2) is 6.32. The number of nitrogens with one attached hydrogen (secondary N) is 2. The molecule has 0 saturated carbocycles. The molecule has 2 N–H and O–H groups in total. The van der Waals surface area contributed by atoms with Crippen molar-refractivity contribution in [3.05, 3.63) is 59.9 Å². The molecule has 1 aliphatic heterocycles. The van der Waals surface area contributed by atoms with Gasteiger partial charge in [0, 0.05) is 23.5 Å². The molecular weight excluding hydrogens is 316 g/mol. The van der Waals surface area contributed by atoms with Crippen molar-refractivity contribution in [3.63, 3.8) is 0 Å². The van der Waals surface area contributed by atoms with Crippen molar-refractivity contribution in [2.45, 2.75) is 13.8 Å². The Morgan fingerprint density at radius 1 is 0.840 bits per heavy atom. The first-order chi connectivity index (χ1) is 12.2. The van der Waals surface area contributed by atoms with Gasteiger partial charge in [-0.1, -0.05) is 18.2 Å². The topological polar surface area (TPSA) is 68.3 Å². The number of hydrogen-bond acceptors (Lipinski definition) is 6. The van der Waals surface area contributed by atoms with Crippen molar-refractivity contribution in [3.8, 4) is 11.5 Å². The molecule has 0 amide bonds. The zero-order chi connectivity index (χ0) is 17.2. The summed E-state index contributed by atoms with van der Waals surface area (Å²) in [6, 6.07) is 15.7. The lowest BCUT2D eigenvalue weighted by Crippen LogP contribution is -2.02. The highest BCUT2D eigenvalue weighted by molar-refractivity contribution is 5.66. The molecule has 3 aromatic rings. The molecule has 0 aliphatic carbocycles. The van der Waals surface area contributed by atoms with Crippen LogP contribution in [0.25, 0.3) is 0 Å². The van der Waals surface area contributed by atoms with E-state index >= 15 is 0 Å². The van der Waals surface area contributed by atoms with E-state index in [0.29, 0.717) is 11.6 Å². The molecule has 1 aromatic heterocycles. The maximum Gasteiger partial charge on any atom is 0.231 e. The monoisotopic (exact) mass is 334 g/mol. The van der Waals surface area contributed by atoms with E-state index in [-0.39, 0.29) is 6.79 Å². The fourth-order valence-corrected chi connectivity index (χ4v) is 2.67. The van der Waals surface area contributed by atoms with Crippen LogP contribution in [0.4, 0.5) is 23.0 Å². The second-order valence-electron chi connectivity index (χ2n) is 5.82. The molecule has 0 radical (unpaired) electrons. The highest BCUT2D eigenvalue weighted by atomic mass is 16.7. The van der Waals surface area contributed by atoms with Gasteiger partial charge in [0.25, 0.3) is 0 Å². The molecule has 126 valence electrons. The molecular formula is C19H18N4O2. The van der Waals surface area contributed by atoms with E-state index in [1.807, 2.05) is 49.4 Å². The number of ether oxygens (including phenoxy) is 2. The molecule has 2 aromatic carbocycles. The molecule has 0 atom stereocenters. The summed E-state index contributed by atoms with van der Waals surface area (Å²) in [4.78, 5) is 8.92. The summed E-state index contributed by atoms with van der Waals surface area (Å²) >= 11 is 0. The molecule has 6 heteroatoms. The lowest BCUT2D eigenvalue weighted by molar-refractivity contribution is 0.174. The summed E-state index contributed by atoms with van der Waals surface area (Å²) in [6.07, 6.45) is 0. The van der Waals surface area contributed by atoms with Crippen LogP contribution in [0, 0.1) is 13.8 Å². The van der Waals surface area contributed by atoms with Crippen molar-refractivity contribution in [2.24, 2.45) is 0 Å². The lowest BCUT2D eigenvalue weighted by Gasteiger charge is -2.12. The molecule has 0 fully saturated rings. The van der Waals surface area contributed by atoms with Crippen LogP contribution in [-0.2, 0) is 0 Å². The smallest absolute Gasteiger partial charge is 0.231 e. The summed E-state index contributed by atoms with van der Waals surface area (Å²) in [5.41, 5.74) is 3.06. The van der Waals surface area contributed by atoms with Gasteiger partial charge in [-0.15, -0.1) is 0 Å². The number of hydrogen-bond donors (Lipinski definition) is 2. The first kappa shape index (κ1) is 15.3. The Kier molecular flexibility index (Phi) is 3.85. The van der Waals surface area contributed by atoms with Crippen LogP contribution in [0.15, 0.2) is 48.5 Å². The fourth-order valence-electron chi connectivity index (χ4n) is 2.67. The minimum atomic E-state index is 0.260. The van der Waals surface area contributed by atoms with Gasteiger partial charge in [0.1, 0.15) is 17.5 Å². The van der Waals surface area contributed by atoms with Crippen molar-refractivity contribution in [1.29, 1.82) is 0 Å². The van der Waals surface area contributed by atoms with Gasteiger partial charge >= 0.3 is 0 Å². The normalized spacial score (nSPS) is 12.1. The molecule has 0 bridgehead atoms. The molecule has 4 rings (SSSR count). The summed E-state index contributed by atoms with van der Waals surface area (Å²) in [7, 11) is 0. The Bertz CT molecular complexity index is 927. The molecule has 0 unspecified atom stereocenters. The van der Waals surface area contributed by atoms with Gasteiger partial charge in [0.15, 0.2) is 11.5 Å². The zero-order valence-electron chi connectivity index (χ0n) is 14.0. The zero-order valence-corrected chi connectivity index (χ0v) is 14.0. The average Bonchev–Trinajstić information content (AvgIpc) is 3.04. The van der Waals surface area contributed by atoms with Crippen molar-refractivity contribution < 1.29 is 9.47 Å². The Morgan fingerprint density at radius 3 is 2.44 bits per heavy atom. The lowest BCUT2D eigenvalue weighted by atomic mass is 10.2. The first-order valence-corrected chi connectivity index (χ1v) is 8.02. The maximum absolute atomic E-state index is 5.41. The van der Waals surface area contributed by atoms with E-state index in [2.05, 4.69) is 33.6 Å². The van der Waals surface area contributed by atoms with E-state index < -0.39 is 0 Å². The van der Waals surface area contributed by atoms with Gasteiger partial charge in [-0.3, -0.25) is 0 Å². The number of aromatic nitrogens is 2. The van der Waals surface area contributed by atoms with Crippen LogP contribution in [0.3, 0.4) is 0 Å². The third kappa shape index (κ3) is 3.33. The Morgan fingerprint density at radius 2 is 1.60 bits per heavy atom. The van der Waals surface area contributed by atoms with Crippen molar-refractivity contribution >= 4 is 23.0 Å². The van der Waals surface area contributed by atoms with E-state index in [1.54, 1.807) is 0 Å². The molecule has 25 heavy (non-hydrogen) atoms. The van der Waals surface area contributed by atoms with E-state index in [4.69, 9.17) is 9.47 Å². The number of para-hydroxylation sites is 1. The Hall–Kier alpha value is -3.28. The summed E-state index contributed by atoms with van der Waals surface area (Å²) in [5, 5.41) is 6.63. The summed E-state index contributed by atoms with van der Waals surface area (Å²) < 4.78 is 10.7. The Balaban J connectivity index is 1.58. The highest BCUT2D eigenvalue weighted by Crippen LogP contribution is 2.35. The standard InChI is InChI=1S/C19H18N4O2/c1-12-5-3-4-6-15(12)23-19-10-18(20-13(2)21-19)22-14-7-8-16-17(9-14)25-11-24-16/h3-10H,11H2,1-2H3,(H2,20,21,22,23). The predicted octanol–water partition coefficient (Wildman–Crippen LogP) is 4.31. The van der Waals surface area contributed by atoms with Crippen LogP contribution in [-0.4, -0.2) is 16.8 Å². The molecule has 1 aliphatic rings. The number of aryl methyl sites for hydroxylation is 2. The number of anilines is 4. The number of fused-ring (bicyclic) bond motifs is 1. The van der Waals surface area contributed by atoms with Gasteiger partial charge in [0.2, 0.25) is 6.79 Å². The van der Waals surface area contributed by atoms with Crippen molar-refractivity contribution in [2.75, 3.05) is 17.4 Å². The van der Waals surface area contributed by atoms with E-state index in [0.717, 1.165) is 34.3 Å². The van der Waals surface area contributed by atoms with E-state index in [1.165, 1.54) is 0 Å². The van der Waals surface area contributed by atoms with Crippen molar-refractivity contribution in [1.82, 2.24) is 9.97 Å². The van der Waals surface area contributed by atoms with Crippen LogP contribution in [0.1, 0.15) is 11.4 Å². The first-order valence-electron chi connectivity index (χ1n) is 8.02. The third-order valence-corrected chi connectivity index (χ3v) is 3.89. The average molecular weight is 334 g/mol. The van der Waals surface area contributed by atoms with Gasteiger partial charge in [-0.2, -0.15) is 0 Å². The number of rotatable bonds is 4.